The summed E-state index contributed by atoms with van der Waals surface area (Å²) in [4.78, 5) is 25.0. The SMILES string of the molecule is C[C@@H]1CCCC[C@H]1NC(=O)COC(=O)C1(c2ccccc2F)CCCC1. The molecule has 3 rings (SSSR count). The first kappa shape index (κ1) is 18.9. The highest BCUT2D eigenvalue weighted by molar-refractivity contribution is 5.86. The molecule has 0 radical (unpaired) electrons. The van der Waals surface area contributed by atoms with Gasteiger partial charge in [0.25, 0.3) is 5.91 Å². The minimum atomic E-state index is -0.955. The van der Waals surface area contributed by atoms with Crippen molar-refractivity contribution in [2.75, 3.05) is 6.61 Å². The molecule has 0 bridgehead atoms. The molecular formula is C21H28FNO3. The van der Waals surface area contributed by atoms with Crippen LogP contribution >= 0.6 is 0 Å². The summed E-state index contributed by atoms with van der Waals surface area (Å²) in [6.45, 7) is 1.85. The van der Waals surface area contributed by atoms with Crippen molar-refractivity contribution in [3.63, 3.8) is 0 Å². The van der Waals surface area contributed by atoms with Crippen molar-refractivity contribution in [2.45, 2.75) is 69.7 Å². The fraction of sp³-hybridized carbons (Fsp3) is 0.619. The Balaban J connectivity index is 1.62. The molecule has 4 nitrogen and oxygen atoms in total. The molecule has 2 aliphatic rings. The fourth-order valence-electron chi connectivity index (χ4n) is 4.46. The Morgan fingerprint density at radius 3 is 2.54 bits per heavy atom. The number of esters is 1. The zero-order chi connectivity index (χ0) is 18.6. The molecule has 1 aromatic rings. The molecule has 26 heavy (non-hydrogen) atoms. The summed E-state index contributed by atoms with van der Waals surface area (Å²) in [5.41, 5.74) is -0.562. The second-order valence-corrected chi connectivity index (χ2v) is 7.78. The Labute approximate surface area is 154 Å². The first-order valence-electron chi connectivity index (χ1n) is 9.74. The van der Waals surface area contributed by atoms with E-state index in [4.69, 9.17) is 4.74 Å². The van der Waals surface area contributed by atoms with Crippen LogP contribution in [0.1, 0.15) is 63.9 Å². The Bertz CT molecular complexity index is 654. The average Bonchev–Trinajstić information content (AvgIpc) is 3.13. The topological polar surface area (TPSA) is 55.4 Å². The lowest BCUT2D eigenvalue weighted by Gasteiger charge is -2.30. The van der Waals surface area contributed by atoms with Gasteiger partial charge in [0.15, 0.2) is 6.61 Å². The third-order valence-electron chi connectivity index (χ3n) is 6.03. The van der Waals surface area contributed by atoms with Crippen LogP contribution in [0.25, 0.3) is 0 Å². The minimum Gasteiger partial charge on any atom is -0.455 e. The minimum absolute atomic E-state index is 0.155. The van der Waals surface area contributed by atoms with Crippen molar-refractivity contribution in [2.24, 2.45) is 5.92 Å². The maximum Gasteiger partial charge on any atom is 0.317 e. The molecule has 1 N–H and O–H groups in total. The van der Waals surface area contributed by atoms with Gasteiger partial charge >= 0.3 is 5.97 Å². The van der Waals surface area contributed by atoms with Crippen molar-refractivity contribution < 1.29 is 18.7 Å². The van der Waals surface area contributed by atoms with Crippen LogP contribution in [-0.2, 0) is 19.7 Å². The van der Waals surface area contributed by atoms with E-state index in [-0.39, 0.29) is 24.4 Å². The molecule has 0 unspecified atom stereocenters. The van der Waals surface area contributed by atoms with Crippen LogP contribution in [0.3, 0.4) is 0 Å². The van der Waals surface area contributed by atoms with Gasteiger partial charge in [-0.15, -0.1) is 0 Å². The summed E-state index contributed by atoms with van der Waals surface area (Å²) in [6.07, 6.45) is 7.24. The van der Waals surface area contributed by atoms with Gasteiger partial charge in [-0.05, 0) is 37.7 Å². The molecule has 2 fully saturated rings. The lowest BCUT2D eigenvalue weighted by atomic mass is 9.78. The van der Waals surface area contributed by atoms with Gasteiger partial charge in [0.2, 0.25) is 0 Å². The second kappa shape index (κ2) is 8.19. The number of halogens is 1. The van der Waals surface area contributed by atoms with E-state index in [9.17, 15) is 14.0 Å². The maximum atomic E-state index is 14.3. The second-order valence-electron chi connectivity index (χ2n) is 7.78. The van der Waals surface area contributed by atoms with Gasteiger partial charge in [0, 0.05) is 11.6 Å². The van der Waals surface area contributed by atoms with Crippen LogP contribution in [0.15, 0.2) is 24.3 Å². The first-order valence-corrected chi connectivity index (χ1v) is 9.74. The van der Waals surface area contributed by atoms with E-state index >= 15 is 0 Å². The Hall–Kier alpha value is -1.91. The predicted molar refractivity (Wildman–Crippen MR) is 97.1 cm³/mol. The van der Waals surface area contributed by atoms with Crippen molar-refractivity contribution >= 4 is 11.9 Å². The van der Waals surface area contributed by atoms with Crippen molar-refractivity contribution in [3.8, 4) is 0 Å². The number of amides is 1. The molecule has 2 aliphatic carbocycles. The van der Waals surface area contributed by atoms with Crippen molar-refractivity contribution in [1.29, 1.82) is 0 Å². The highest BCUT2D eigenvalue weighted by Crippen LogP contribution is 2.43. The van der Waals surface area contributed by atoms with Gasteiger partial charge in [-0.2, -0.15) is 0 Å². The molecular weight excluding hydrogens is 333 g/mol. The molecule has 0 aromatic heterocycles. The summed E-state index contributed by atoms with van der Waals surface area (Å²) in [7, 11) is 0. The van der Waals surface area contributed by atoms with Crippen molar-refractivity contribution in [3.05, 3.63) is 35.6 Å². The van der Waals surface area contributed by atoms with Gasteiger partial charge in [-0.3, -0.25) is 9.59 Å². The van der Waals surface area contributed by atoms with E-state index in [1.807, 2.05) is 0 Å². The number of rotatable bonds is 5. The van der Waals surface area contributed by atoms with Crippen LogP contribution in [0, 0.1) is 11.7 Å². The summed E-state index contributed by atoms with van der Waals surface area (Å²) < 4.78 is 19.7. The summed E-state index contributed by atoms with van der Waals surface area (Å²) in [5, 5.41) is 2.99. The third-order valence-corrected chi connectivity index (χ3v) is 6.03. The standard InChI is InChI=1S/C21H28FNO3/c1-15-8-2-5-11-18(15)23-19(24)14-26-20(25)21(12-6-7-13-21)16-9-3-4-10-17(16)22/h3-4,9-10,15,18H,2,5-8,11-14H2,1H3,(H,23,24)/t15-,18-/m1/s1. The normalized spacial score (nSPS) is 24.8. The monoisotopic (exact) mass is 361 g/mol. The van der Waals surface area contributed by atoms with Gasteiger partial charge in [0.1, 0.15) is 5.82 Å². The fourth-order valence-corrected chi connectivity index (χ4v) is 4.46. The number of hydrogen-bond acceptors (Lipinski definition) is 3. The number of hydrogen-bond donors (Lipinski definition) is 1. The maximum absolute atomic E-state index is 14.3. The molecule has 1 aromatic carbocycles. The number of ether oxygens (including phenoxy) is 1. The van der Waals surface area contributed by atoms with Gasteiger partial charge in [0.05, 0.1) is 5.41 Å². The highest BCUT2D eigenvalue weighted by Gasteiger charge is 2.46. The van der Waals surface area contributed by atoms with E-state index < -0.39 is 11.4 Å². The van der Waals surface area contributed by atoms with E-state index in [1.165, 1.54) is 12.5 Å². The molecule has 0 spiro atoms. The molecule has 142 valence electrons. The number of nitrogens with one attached hydrogen (secondary N) is 1. The van der Waals surface area contributed by atoms with Crippen molar-refractivity contribution in [1.82, 2.24) is 5.32 Å². The molecule has 2 atom stereocenters. The van der Waals surface area contributed by atoms with Crippen LogP contribution in [0.4, 0.5) is 4.39 Å². The van der Waals surface area contributed by atoms with E-state index in [1.54, 1.807) is 18.2 Å². The van der Waals surface area contributed by atoms with Crippen LogP contribution < -0.4 is 5.32 Å². The zero-order valence-electron chi connectivity index (χ0n) is 15.4. The van der Waals surface area contributed by atoms with Crippen LogP contribution in [0.5, 0.6) is 0 Å². The van der Waals surface area contributed by atoms with Crippen LogP contribution in [0.2, 0.25) is 0 Å². The Morgan fingerprint density at radius 2 is 1.85 bits per heavy atom. The summed E-state index contributed by atoms with van der Waals surface area (Å²) in [5.74, 6) is -0.680. The molecule has 5 heteroatoms. The molecule has 0 saturated heterocycles. The van der Waals surface area contributed by atoms with E-state index in [0.717, 1.165) is 32.1 Å². The number of benzene rings is 1. The number of carbonyl (C=O) groups excluding carboxylic acids is 2. The Morgan fingerprint density at radius 1 is 1.15 bits per heavy atom. The lowest BCUT2D eigenvalue weighted by Crippen LogP contribution is -2.44. The molecule has 1 amide bonds. The third kappa shape index (κ3) is 3.92. The van der Waals surface area contributed by atoms with Crippen LogP contribution in [-0.4, -0.2) is 24.5 Å². The summed E-state index contributed by atoms with van der Waals surface area (Å²) in [6, 6.07) is 6.54. The van der Waals surface area contributed by atoms with E-state index in [0.29, 0.717) is 24.3 Å². The highest BCUT2D eigenvalue weighted by atomic mass is 19.1. The largest absolute Gasteiger partial charge is 0.455 e. The quantitative estimate of drug-likeness (QED) is 0.810. The van der Waals surface area contributed by atoms with Gasteiger partial charge in [-0.1, -0.05) is 50.8 Å². The van der Waals surface area contributed by atoms with Gasteiger partial charge < -0.3 is 10.1 Å². The van der Waals surface area contributed by atoms with E-state index in [2.05, 4.69) is 12.2 Å². The molecule has 0 heterocycles. The number of carbonyl (C=O) groups is 2. The lowest BCUT2D eigenvalue weighted by molar-refractivity contribution is -0.154. The predicted octanol–water partition coefficient (Wildman–Crippen LogP) is 3.88. The first-order chi connectivity index (χ1) is 12.5. The summed E-state index contributed by atoms with van der Waals surface area (Å²) >= 11 is 0. The zero-order valence-corrected chi connectivity index (χ0v) is 15.4. The average molecular weight is 361 g/mol. The smallest absolute Gasteiger partial charge is 0.317 e. The Kier molecular flexibility index (Phi) is 5.94. The molecule has 0 aliphatic heterocycles. The van der Waals surface area contributed by atoms with Gasteiger partial charge in [-0.25, -0.2) is 4.39 Å². The molecule has 2 saturated carbocycles.